The van der Waals surface area contributed by atoms with Gasteiger partial charge in [-0.3, -0.25) is 13.8 Å². The summed E-state index contributed by atoms with van der Waals surface area (Å²) in [6, 6.07) is 7.66. The van der Waals surface area contributed by atoms with Gasteiger partial charge in [0.2, 0.25) is 0 Å². The van der Waals surface area contributed by atoms with Crippen LogP contribution >= 0.6 is 0 Å². The zero-order chi connectivity index (χ0) is 22.7. The van der Waals surface area contributed by atoms with Gasteiger partial charge in [-0.2, -0.15) is 13.2 Å². The number of pyridine rings is 1. The van der Waals surface area contributed by atoms with Crippen molar-refractivity contribution in [2.24, 2.45) is 7.05 Å². The molecule has 3 aromatic heterocycles. The molecule has 1 aliphatic rings. The Labute approximate surface area is 178 Å². The minimum atomic E-state index is -4.73. The summed E-state index contributed by atoms with van der Waals surface area (Å²) in [5, 5.41) is 8.13. The number of rotatable bonds is 4. The van der Waals surface area contributed by atoms with E-state index in [2.05, 4.69) is 10.2 Å². The number of nitrogens with zero attached hydrogens (tertiary/aromatic N) is 5. The highest BCUT2D eigenvalue weighted by Crippen LogP contribution is 2.38. The summed E-state index contributed by atoms with van der Waals surface area (Å²) in [7, 11) is 1.81. The predicted octanol–water partition coefficient (Wildman–Crippen LogP) is 2.37. The Hall–Kier alpha value is -3.73. The molecule has 164 valence electrons. The maximum Gasteiger partial charge on any atom is 0.418 e. The third kappa shape index (κ3) is 2.88. The van der Waals surface area contributed by atoms with Crippen LogP contribution in [0.2, 0.25) is 0 Å². The van der Waals surface area contributed by atoms with Crippen LogP contribution < -0.4 is 5.69 Å². The highest BCUT2D eigenvalue weighted by Gasteiger charge is 2.46. The van der Waals surface area contributed by atoms with Gasteiger partial charge < -0.3 is 9.30 Å². The molecule has 0 radical (unpaired) electrons. The lowest BCUT2D eigenvalue weighted by molar-refractivity contribution is -0.136. The molecule has 0 unspecified atom stereocenters. The molecule has 0 atom stereocenters. The zero-order valence-corrected chi connectivity index (χ0v) is 16.7. The molecule has 1 aromatic carbocycles. The van der Waals surface area contributed by atoms with Crippen molar-refractivity contribution in [1.82, 2.24) is 23.7 Å². The molecule has 4 aromatic rings. The number of aldehydes is 1. The van der Waals surface area contributed by atoms with Crippen LogP contribution in [0.5, 0.6) is 0 Å². The summed E-state index contributed by atoms with van der Waals surface area (Å²) in [6.07, 6.45) is -0.649. The second-order valence-electron chi connectivity index (χ2n) is 7.73. The van der Waals surface area contributed by atoms with Crippen molar-refractivity contribution in [2.75, 3.05) is 13.2 Å². The summed E-state index contributed by atoms with van der Waals surface area (Å²) >= 11 is 0. The van der Waals surface area contributed by atoms with E-state index in [1.54, 1.807) is 29.1 Å². The fourth-order valence-corrected chi connectivity index (χ4v) is 4.09. The number of aromatic nitrogens is 5. The van der Waals surface area contributed by atoms with Crippen LogP contribution in [0.25, 0.3) is 11.2 Å². The summed E-state index contributed by atoms with van der Waals surface area (Å²) in [6.45, 7) is 0.715. The quantitative estimate of drug-likeness (QED) is 0.453. The highest BCUT2D eigenvalue weighted by molar-refractivity contribution is 5.77. The molecule has 11 heteroatoms. The van der Waals surface area contributed by atoms with Crippen molar-refractivity contribution in [3.05, 3.63) is 82.1 Å². The van der Waals surface area contributed by atoms with E-state index >= 15 is 0 Å². The topological polar surface area (TPSA) is 83.4 Å². The van der Waals surface area contributed by atoms with Gasteiger partial charge in [0.1, 0.15) is 17.6 Å². The molecule has 1 fully saturated rings. The first-order chi connectivity index (χ1) is 15.2. The first-order valence-corrected chi connectivity index (χ1v) is 9.58. The number of benzene rings is 1. The standard InChI is InChI=1S/C21H16F3N5O3/c1-27-12-25-26-18(27)20(10-32-11-20)14-3-2-4-15(6-14)28-8-17-16(21(22,23)24)5-13(9-30)7-29(17)19(28)31/h2-9,12H,10-11H2,1H3. The molecule has 5 rings (SSSR count). The van der Waals surface area contributed by atoms with Crippen LogP contribution in [0.3, 0.4) is 0 Å². The fourth-order valence-electron chi connectivity index (χ4n) is 4.09. The molecule has 0 bridgehead atoms. The number of carbonyl (C=O) groups excluding carboxylic acids is 1. The van der Waals surface area contributed by atoms with E-state index in [0.717, 1.165) is 33.0 Å². The number of aryl methyl sites for hydroxylation is 1. The monoisotopic (exact) mass is 443 g/mol. The average molecular weight is 443 g/mol. The van der Waals surface area contributed by atoms with E-state index in [1.807, 2.05) is 13.1 Å². The van der Waals surface area contributed by atoms with Crippen LogP contribution in [0.1, 0.15) is 27.3 Å². The Morgan fingerprint density at radius 2 is 1.97 bits per heavy atom. The van der Waals surface area contributed by atoms with E-state index in [1.165, 1.54) is 0 Å². The molecule has 32 heavy (non-hydrogen) atoms. The average Bonchev–Trinajstić information content (AvgIpc) is 3.30. The van der Waals surface area contributed by atoms with Crippen LogP contribution in [0.15, 0.2) is 53.8 Å². The van der Waals surface area contributed by atoms with Gasteiger partial charge in [-0.1, -0.05) is 12.1 Å². The first kappa shape index (κ1) is 20.2. The Bertz CT molecular complexity index is 1410. The Morgan fingerprint density at radius 3 is 2.56 bits per heavy atom. The summed E-state index contributed by atoms with van der Waals surface area (Å²) < 4.78 is 49.9. The minimum Gasteiger partial charge on any atom is -0.378 e. The molecule has 0 aliphatic carbocycles. The molecule has 0 spiro atoms. The SMILES string of the molecule is Cn1cnnc1C1(c2cccc(-n3cc4c(C(F)(F)F)cc(C=O)cn4c3=O)c2)COC1. The molecule has 1 saturated heterocycles. The third-order valence-corrected chi connectivity index (χ3v) is 5.74. The second-order valence-corrected chi connectivity index (χ2v) is 7.73. The molecule has 0 saturated carbocycles. The lowest BCUT2D eigenvalue weighted by atomic mass is 9.77. The van der Waals surface area contributed by atoms with Crippen molar-refractivity contribution in [1.29, 1.82) is 0 Å². The van der Waals surface area contributed by atoms with Gasteiger partial charge in [-0.25, -0.2) is 4.79 Å². The van der Waals surface area contributed by atoms with E-state index in [4.69, 9.17) is 4.74 Å². The number of carbonyl (C=O) groups is 1. The number of hydrogen-bond acceptors (Lipinski definition) is 5. The van der Waals surface area contributed by atoms with Crippen molar-refractivity contribution < 1.29 is 22.7 Å². The fraction of sp³-hybridized carbons (Fsp3) is 0.238. The molecule has 4 heterocycles. The number of fused-ring (bicyclic) bond motifs is 1. The van der Waals surface area contributed by atoms with E-state index in [9.17, 15) is 22.8 Å². The van der Waals surface area contributed by atoms with E-state index in [-0.39, 0.29) is 17.4 Å². The normalized spacial score (nSPS) is 15.6. The number of imidazole rings is 1. The summed E-state index contributed by atoms with van der Waals surface area (Å²) in [5.41, 5.74) is -1.76. The summed E-state index contributed by atoms with van der Waals surface area (Å²) in [4.78, 5) is 24.1. The van der Waals surface area contributed by atoms with Crippen molar-refractivity contribution >= 4 is 11.8 Å². The van der Waals surface area contributed by atoms with Crippen molar-refractivity contribution in [3.8, 4) is 5.69 Å². The highest BCUT2D eigenvalue weighted by atomic mass is 19.4. The lowest BCUT2D eigenvalue weighted by Crippen LogP contribution is -2.49. The molecular formula is C21H16F3N5O3. The number of halogens is 3. The zero-order valence-electron chi connectivity index (χ0n) is 16.7. The third-order valence-electron chi connectivity index (χ3n) is 5.74. The minimum absolute atomic E-state index is 0.244. The van der Waals surface area contributed by atoms with Crippen LogP contribution in [0.4, 0.5) is 13.2 Å². The van der Waals surface area contributed by atoms with Crippen LogP contribution in [-0.4, -0.2) is 43.2 Å². The Kier molecular flexibility index (Phi) is 4.35. The van der Waals surface area contributed by atoms with Crippen molar-refractivity contribution in [2.45, 2.75) is 11.6 Å². The molecule has 0 amide bonds. The van der Waals surface area contributed by atoms with Crippen LogP contribution in [0, 0.1) is 0 Å². The molecule has 8 nitrogen and oxygen atoms in total. The summed E-state index contributed by atoms with van der Waals surface area (Å²) in [5.74, 6) is 0.685. The van der Waals surface area contributed by atoms with Crippen molar-refractivity contribution in [3.63, 3.8) is 0 Å². The van der Waals surface area contributed by atoms with Gasteiger partial charge >= 0.3 is 11.9 Å². The van der Waals surface area contributed by atoms with Gasteiger partial charge in [0.05, 0.1) is 30.0 Å². The molecule has 1 aliphatic heterocycles. The maximum absolute atomic E-state index is 13.6. The van der Waals surface area contributed by atoms with Gasteiger partial charge in [0, 0.05) is 25.0 Å². The predicted molar refractivity (Wildman–Crippen MR) is 106 cm³/mol. The van der Waals surface area contributed by atoms with Gasteiger partial charge in [0.15, 0.2) is 6.29 Å². The molecular weight excluding hydrogens is 427 g/mol. The Balaban J connectivity index is 1.69. The van der Waals surface area contributed by atoms with Gasteiger partial charge in [-0.15, -0.1) is 10.2 Å². The van der Waals surface area contributed by atoms with Gasteiger partial charge in [-0.05, 0) is 23.8 Å². The maximum atomic E-state index is 13.6. The lowest BCUT2D eigenvalue weighted by Gasteiger charge is -2.40. The Morgan fingerprint density at radius 1 is 1.19 bits per heavy atom. The van der Waals surface area contributed by atoms with Gasteiger partial charge in [0.25, 0.3) is 0 Å². The number of ether oxygens (including phenoxy) is 1. The molecule has 0 N–H and O–H groups in total. The van der Waals surface area contributed by atoms with Crippen LogP contribution in [-0.2, 0) is 23.4 Å². The smallest absolute Gasteiger partial charge is 0.378 e. The number of alkyl halides is 3. The second kappa shape index (κ2) is 6.89. The number of hydrogen-bond donors (Lipinski definition) is 0. The van der Waals surface area contributed by atoms with E-state index < -0.39 is 22.8 Å². The first-order valence-electron chi connectivity index (χ1n) is 9.58. The van der Waals surface area contributed by atoms with E-state index in [0.29, 0.717) is 24.7 Å². The largest absolute Gasteiger partial charge is 0.418 e.